The summed E-state index contributed by atoms with van der Waals surface area (Å²) in [6.45, 7) is 0.702. The number of carbonyl (C=O) groups is 1. The predicted molar refractivity (Wildman–Crippen MR) is 82.0 cm³/mol. The molecular weight excluding hydrogens is 298 g/mol. The van der Waals surface area contributed by atoms with Crippen LogP contribution in [0.4, 0.5) is 5.69 Å². The van der Waals surface area contributed by atoms with Gasteiger partial charge in [-0.1, -0.05) is 36.1 Å². The van der Waals surface area contributed by atoms with Gasteiger partial charge >= 0.3 is 0 Å². The smallest absolute Gasteiger partial charge is 0.270 e. The van der Waals surface area contributed by atoms with Crippen LogP contribution < -0.4 is 5.73 Å². The summed E-state index contributed by atoms with van der Waals surface area (Å²) in [7, 11) is 0. The first-order valence-corrected chi connectivity index (χ1v) is 6.95. The molecule has 1 saturated heterocycles. The molecule has 1 fully saturated rings. The molecule has 0 bridgehead atoms. The molecule has 0 aromatic heterocycles. The lowest BCUT2D eigenvalue weighted by molar-refractivity contribution is -0.384. The molecule has 0 saturated carbocycles. The minimum atomic E-state index is -0.475. The second kappa shape index (κ2) is 6.12. The number of carbonyl (C=O) groups excluding carboxylic acids is 1. The van der Waals surface area contributed by atoms with Crippen molar-refractivity contribution in [1.82, 2.24) is 4.90 Å². The summed E-state index contributed by atoms with van der Waals surface area (Å²) in [6, 6.07) is 6.08. The van der Waals surface area contributed by atoms with E-state index in [0.29, 0.717) is 27.9 Å². The quantitative estimate of drug-likeness (QED) is 0.394. The average molecular weight is 309 g/mol. The van der Waals surface area contributed by atoms with Crippen molar-refractivity contribution in [3.8, 4) is 0 Å². The molecule has 0 aliphatic carbocycles. The van der Waals surface area contributed by atoms with Crippen LogP contribution in [-0.2, 0) is 4.79 Å². The Morgan fingerprint density at radius 2 is 2.25 bits per heavy atom. The van der Waals surface area contributed by atoms with Crippen LogP contribution in [0.15, 0.2) is 29.2 Å². The Morgan fingerprint density at radius 1 is 1.50 bits per heavy atom. The van der Waals surface area contributed by atoms with Gasteiger partial charge in [-0.3, -0.25) is 19.8 Å². The summed E-state index contributed by atoms with van der Waals surface area (Å²) in [5.41, 5.74) is 6.00. The number of hydrogen-bond acceptors (Lipinski definition) is 6. The van der Waals surface area contributed by atoms with Crippen molar-refractivity contribution in [3.63, 3.8) is 0 Å². The van der Waals surface area contributed by atoms with E-state index in [2.05, 4.69) is 0 Å². The number of non-ortho nitro benzene ring substituents is 1. The molecular formula is C12H11N3O3S2. The summed E-state index contributed by atoms with van der Waals surface area (Å²) in [6.07, 6.45) is 1.60. The molecule has 20 heavy (non-hydrogen) atoms. The normalized spacial score (nSPS) is 17.1. The molecule has 0 unspecified atom stereocenters. The van der Waals surface area contributed by atoms with Crippen molar-refractivity contribution in [2.75, 3.05) is 13.1 Å². The Bertz CT molecular complexity index is 616. The maximum atomic E-state index is 12.1. The van der Waals surface area contributed by atoms with Gasteiger partial charge in [0.2, 0.25) is 0 Å². The van der Waals surface area contributed by atoms with E-state index in [1.807, 2.05) is 0 Å². The van der Waals surface area contributed by atoms with E-state index >= 15 is 0 Å². The maximum Gasteiger partial charge on any atom is 0.270 e. The molecule has 1 aliphatic heterocycles. The molecule has 104 valence electrons. The maximum absolute atomic E-state index is 12.1. The lowest BCUT2D eigenvalue weighted by atomic mass is 10.2. The van der Waals surface area contributed by atoms with Gasteiger partial charge in [0.05, 0.1) is 9.83 Å². The highest BCUT2D eigenvalue weighted by atomic mass is 32.2. The second-order valence-electron chi connectivity index (χ2n) is 3.97. The van der Waals surface area contributed by atoms with Crippen LogP contribution >= 0.6 is 24.0 Å². The van der Waals surface area contributed by atoms with Gasteiger partial charge in [0.1, 0.15) is 4.32 Å². The van der Waals surface area contributed by atoms with E-state index in [9.17, 15) is 14.9 Å². The first-order valence-electron chi connectivity index (χ1n) is 5.73. The van der Waals surface area contributed by atoms with Crippen LogP contribution in [0.2, 0.25) is 0 Å². The molecule has 0 radical (unpaired) electrons. The Morgan fingerprint density at radius 3 is 2.90 bits per heavy atom. The number of rotatable bonds is 4. The predicted octanol–water partition coefficient (Wildman–Crippen LogP) is 1.75. The standard InChI is InChI=1S/C12H11N3O3S2/c13-4-5-14-11(16)10(20-12(14)19)7-8-2-1-3-9(6-8)15(17)18/h1-3,6-7H,4-5,13H2/b10-7+. The molecule has 1 heterocycles. The summed E-state index contributed by atoms with van der Waals surface area (Å²) < 4.78 is 0.456. The van der Waals surface area contributed by atoms with Gasteiger partial charge < -0.3 is 5.73 Å². The Labute approximate surface area is 124 Å². The molecule has 2 N–H and O–H groups in total. The molecule has 1 aromatic carbocycles. The van der Waals surface area contributed by atoms with Crippen molar-refractivity contribution in [2.24, 2.45) is 5.73 Å². The van der Waals surface area contributed by atoms with Crippen molar-refractivity contribution < 1.29 is 9.72 Å². The van der Waals surface area contributed by atoms with E-state index < -0.39 is 4.92 Å². The van der Waals surface area contributed by atoms with Crippen molar-refractivity contribution in [2.45, 2.75) is 0 Å². The fraction of sp³-hybridized carbons (Fsp3) is 0.167. The number of nitrogens with two attached hydrogens (primary N) is 1. The molecule has 6 nitrogen and oxygen atoms in total. The molecule has 1 amide bonds. The van der Waals surface area contributed by atoms with Crippen LogP contribution in [0.25, 0.3) is 6.08 Å². The third-order valence-electron chi connectivity index (χ3n) is 2.61. The topological polar surface area (TPSA) is 89.5 Å². The fourth-order valence-corrected chi connectivity index (χ4v) is 3.01. The summed E-state index contributed by atoms with van der Waals surface area (Å²) >= 11 is 6.28. The highest BCUT2D eigenvalue weighted by Crippen LogP contribution is 2.32. The monoisotopic (exact) mass is 309 g/mol. The van der Waals surface area contributed by atoms with E-state index in [1.165, 1.54) is 28.8 Å². The van der Waals surface area contributed by atoms with Gasteiger partial charge in [-0.15, -0.1) is 0 Å². The lowest BCUT2D eigenvalue weighted by Gasteiger charge is -2.11. The number of thioether (sulfide) groups is 1. The van der Waals surface area contributed by atoms with Crippen molar-refractivity contribution in [3.05, 3.63) is 44.8 Å². The van der Waals surface area contributed by atoms with Gasteiger partial charge in [-0.2, -0.15) is 0 Å². The number of nitrogens with zero attached hydrogens (tertiary/aromatic N) is 2. The molecule has 8 heteroatoms. The molecule has 0 spiro atoms. The van der Waals surface area contributed by atoms with Gasteiger partial charge in [0, 0.05) is 25.2 Å². The Kier molecular flexibility index (Phi) is 4.48. The molecule has 1 aromatic rings. The van der Waals surface area contributed by atoms with E-state index in [4.69, 9.17) is 18.0 Å². The third-order valence-corrected chi connectivity index (χ3v) is 3.98. The molecule has 0 atom stereocenters. The molecule has 2 rings (SSSR count). The fourth-order valence-electron chi connectivity index (χ4n) is 1.70. The SMILES string of the molecule is NCCN1C(=O)/C(=C\c2cccc([N+](=O)[O-])c2)SC1=S. The first kappa shape index (κ1) is 14.6. The number of hydrogen-bond donors (Lipinski definition) is 1. The minimum Gasteiger partial charge on any atom is -0.329 e. The van der Waals surface area contributed by atoms with Gasteiger partial charge in [0.25, 0.3) is 11.6 Å². The number of amides is 1. The van der Waals surface area contributed by atoms with Crippen LogP contribution in [0, 0.1) is 10.1 Å². The van der Waals surface area contributed by atoms with Crippen LogP contribution in [0.5, 0.6) is 0 Å². The number of nitro benzene ring substituents is 1. The summed E-state index contributed by atoms with van der Waals surface area (Å²) in [5, 5.41) is 10.7. The Balaban J connectivity index is 2.28. The van der Waals surface area contributed by atoms with E-state index in [0.717, 1.165) is 0 Å². The highest BCUT2D eigenvalue weighted by Gasteiger charge is 2.31. The van der Waals surface area contributed by atoms with Gasteiger partial charge in [0.15, 0.2) is 0 Å². The second-order valence-corrected chi connectivity index (χ2v) is 5.65. The lowest BCUT2D eigenvalue weighted by Crippen LogP contribution is -2.32. The van der Waals surface area contributed by atoms with Crippen LogP contribution in [0.1, 0.15) is 5.56 Å². The number of thiocarbonyl (C=S) groups is 1. The van der Waals surface area contributed by atoms with Gasteiger partial charge in [-0.05, 0) is 11.6 Å². The summed E-state index contributed by atoms with van der Waals surface area (Å²) in [5.74, 6) is -0.211. The Hall–Kier alpha value is -1.77. The zero-order valence-electron chi connectivity index (χ0n) is 10.3. The largest absolute Gasteiger partial charge is 0.329 e. The number of nitro groups is 1. The van der Waals surface area contributed by atoms with Gasteiger partial charge in [-0.25, -0.2) is 0 Å². The highest BCUT2D eigenvalue weighted by molar-refractivity contribution is 8.26. The zero-order valence-corrected chi connectivity index (χ0v) is 11.9. The van der Waals surface area contributed by atoms with Crippen LogP contribution in [0.3, 0.4) is 0 Å². The minimum absolute atomic E-state index is 0.0174. The molecule has 1 aliphatic rings. The summed E-state index contributed by atoms with van der Waals surface area (Å²) in [4.78, 5) is 24.2. The van der Waals surface area contributed by atoms with Crippen LogP contribution in [-0.4, -0.2) is 33.1 Å². The van der Waals surface area contributed by atoms with Crippen molar-refractivity contribution >= 4 is 46.0 Å². The number of benzene rings is 1. The van der Waals surface area contributed by atoms with E-state index in [-0.39, 0.29) is 11.6 Å². The average Bonchev–Trinajstić information content (AvgIpc) is 2.67. The van der Waals surface area contributed by atoms with E-state index in [1.54, 1.807) is 18.2 Å². The third kappa shape index (κ3) is 3.03. The first-order chi connectivity index (χ1) is 9.52. The van der Waals surface area contributed by atoms with Crippen molar-refractivity contribution in [1.29, 1.82) is 0 Å². The zero-order chi connectivity index (χ0) is 14.7.